The molecule has 0 spiro atoms. The van der Waals surface area contributed by atoms with Gasteiger partial charge in [0.1, 0.15) is 5.75 Å². The smallest absolute Gasteiger partial charge is 0.223 e. The van der Waals surface area contributed by atoms with Crippen molar-refractivity contribution in [3.63, 3.8) is 0 Å². The Labute approximate surface area is 120 Å². The highest BCUT2D eigenvalue weighted by atomic mass is 16.5. The molecule has 1 aromatic carbocycles. The number of carbonyl (C=O) groups excluding carboxylic acids is 1. The van der Waals surface area contributed by atoms with E-state index < -0.39 is 0 Å². The molecule has 1 atom stereocenters. The minimum Gasteiger partial charge on any atom is -0.497 e. The molecule has 0 bridgehead atoms. The van der Waals surface area contributed by atoms with Gasteiger partial charge in [0.15, 0.2) is 0 Å². The monoisotopic (exact) mass is 274 g/mol. The molecule has 4 heteroatoms. The molecule has 2 fully saturated rings. The maximum absolute atomic E-state index is 12.4. The number of nitrogens with zero attached hydrogens (tertiary/aromatic N) is 1. The second-order valence-electron chi connectivity index (χ2n) is 5.73. The Morgan fingerprint density at radius 2 is 2.10 bits per heavy atom. The molecule has 1 N–H and O–H groups in total. The van der Waals surface area contributed by atoms with Crippen LogP contribution >= 0.6 is 0 Å². The number of carbonyl (C=O) groups is 1. The quantitative estimate of drug-likeness (QED) is 0.912. The van der Waals surface area contributed by atoms with E-state index in [-0.39, 0.29) is 6.04 Å². The van der Waals surface area contributed by atoms with Crippen molar-refractivity contribution in [2.45, 2.75) is 25.3 Å². The predicted octanol–water partition coefficient (Wildman–Crippen LogP) is 1.97. The highest BCUT2D eigenvalue weighted by molar-refractivity contribution is 5.77. The number of benzene rings is 1. The maximum atomic E-state index is 12.4. The number of amides is 1. The van der Waals surface area contributed by atoms with Gasteiger partial charge in [0.05, 0.1) is 13.2 Å². The third-order valence-electron chi connectivity index (χ3n) is 4.22. The fourth-order valence-corrected chi connectivity index (χ4v) is 2.81. The van der Waals surface area contributed by atoms with Crippen molar-refractivity contribution >= 4 is 5.91 Å². The molecule has 0 aromatic heterocycles. The second kappa shape index (κ2) is 5.83. The first-order valence-corrected chi connectivity index (χ1v) is 7.42. The van der Waals surface area contributed by atoms with Gasteiger partial charge in [-0.15, -0.1) is 0 Å². The van der Waals surface area contributed by atoms with Crippen LogP contribution in [-0.2, 0) is 4.79 Å². The lowest BCUT2D eigenvalue weighted by atomic mass is 10.0. The first-order chi connectivity index (χ1) is 9.78. The van der Waals surface area contributed by atoms with Crippen molar-refractivity contribution in [2.75, 3.05) is 26.7 Å². The number of rotatable bonds is 4. The fourth-order valence-electron chi connectivity index (χ4n) is 2.81. The summed E-state index contributed by atoms with van der Waals surface area (Å²) in [5.74, 6) is 1.82. The third-order valence-corrected chi connectivity index (χ3v) is 4.22. The molecule has 1 aliphatic carbocycles. The van der Waals surface area contributed by atoms with Crippen LogP contribution in [0, 0.1) is 5.92 Å². The highest BCUT2D eigenvalue weighted by Crippen LogP contribution is 2.34. The SMILES string of the molecule is COc1ccc(C2CNCCN2C(=O)CC2CC2)cc1. The molecule has 20 heavy (non-hydrogen) atoms. The van der Waals surface area contributed by atoms with Crippen molar-refractivity contribution in [1.29, 1.82) is 0 Å². The summed E-state index contributed by atoms with van der Waals surface area (Å²) in [6.07, 6.45) is 3.18. The van der Waals surface area contributed by atoms with Crippen LogP contribution in [0.15, 0.2) is 24.3 Å². The largest absolute Gasteiger partial charge is 0.497 e. The second-order valence-corrected chi connectivity index (χ2v) is 5.73. The van der Waals surface area contributed by atoms with Crippen LogP contribution in [-0.4, -0.2) is 37.6 Å². The normalized spacial score (nSPS) is 22.6. The summed E-state index contributed by atoms with van der Waals surface area (Å²) < 4.78 is 5.20. The number of hydrogen-bond acceptors (Lipinski definition) is 3. The zero-order chi connectivity index (χ0) is 13.9. The Bertz CT molecular complexity index is 468. The number of nitrogens with one attached hydrogen (secondary N) is 1. The zero-order valence-electron chi connectivity index (χ0n) is 12.0. The topological polar surface area (TPSA) is 41.6 Å². The molecular formula is C16H22N2O2. The molecule has 1 unspecified atom stereocenters. The van der Waals surface area contributed by atoms with E-state index in [2.05, 4.69) is 22.3 Å². The van der Waals surface area contributed by atoms with Crippen LogP contribution in [0.3, 0.4) is 0 Å². The Balaban J connectivity index is 1.74. The summed E-state index contributed by atoms with van der Waals surface area (Å²) in [5.41, 5.74) is 1.18. The Morgan fingerprint density at radius 3 is 2.75 bits per heavy atom. The fraction of sp³-hybridized carbons (Fsp3) is 0.562. The lowest BCUT2D eigenvalue weighted by Gasteiger charge is -2.36. The maximum Gasteiger partial charge on any atom is 0.223 e. The Hall–Kier alpha value is -1.55. The van der Waals surface area contributed by atoms with Crippen LogP contribution in [0.2, 0.25) is 0 Å². The zero-order valence-corrected chi connectivity index (χ0v) is 12.0. The van der Waals surface area contributed by atoms with Crippen LogP contribution in [0.25, 0.3) is 0 Å². The van der Waals surface area contributed by atoms with Crippen LogP contribution in [0.1, 0.15) is 30.9 Å². The van der Waals surface area contributed by atoms with Crippen LogP contribution in [0.5, 0.6) is 5.75 Å². The van der Waals surface area contributed by atoms with Crippen molar-refractivity contribution in [3.8, 4) is 5.75 Å². The lowest BCUT2D eigenvalue weighted by molar-refractivity contribution is -0.134. The van der Waals surface area contributed by atoms with E-state index in [1.165, 1.54) is 18.4 Å². The van der Waals surface area contributed by atoms with Gasteiger partial charge in [-0.2, -0.15) is 0 Å². The van der Waals surface area contributed by atoms with Crippen molar-refractivity contribution < 1.29 is 9.53 Å². The summed E-state index contributed by atoms with van der Waals surface area (Å²) in [5, 5.41) is 3.39. The van der Waals surface area contributed by atoms with E-state index in [1.807, 2.05) is 12.1 Å². The van der Waals surface area contributed by atoms with Gasteiger partial charge in [-0.3, -0.25) is 4.79 Å². The molecule has 1 heterocycles. The van der Waals surface area contributed by atoms with Gasteiger partial charge < -0.3 is 15.0 Å². The first kappa shape index (κ1) is 13.4. The van der Waals surface area contributed by atoms with E-state index in [1.54, 1.807) is 7.11 Å². The lowest BCUT2D eigenvalue weighted by Crippen LogP contribution is -2.48. The summed E-state index contributed by atoms with van der Waals surface area (Å²) >= 11 is 0. The van der Waals surface area contributed by atoms with Crippen LogP contribution < -0.4 is 10.1 Å². The average Bonchev–Trinajstić information content (AvgIpc) is 3.31. The van der Waals surface area contributed by atoms with E-state index >= 15 is 0 Å². The summed E-state index contributed by atoms with van der Waals surface area (Å²) in [7, 11) is 1.67. The first-order valence-electron chi connectivity index (χ1n) is 7.42. The molecule has 3 rings (SSSR count). The van der Waals surface area contributed by atoms with E-state index in [0.717, 1.165) is 31.8 Å². The molecule has 1 saturated carbocycles. The Morgan fingerprint density at radius 1 is 1.35 bits per heavy atom. The highest BCUT2D eigenvalue weighted by Gasteiger charge is 2.32. The summed E-state index contributed by atoms with van der Waals surface area (Å²) in [6.45, 7) is 2.54. The van der Waals surface area contributed by atoms with Gasteiger partial charge in [0.25, 0.3) is 0 Å². The molecule has 0 radical (unpaired) electrons. The van der Waals surface area contributed by atoms with Gasteiger partial charge in [0, 0.05) is 26.1 Å². The molecule has 1 saturated heterocycles. The van der Waals surface area contributed by atoms with Gasteiger partial charge in [-0.25, -0.2) is 0 Å². The number of ether oxygens (including phenoxy) is 1. The molecule has 4 nitrogen and oxygen atoms in total. The van der Waals surface area contributed by atoms with Crippen molar-refractivity contribution in [2.24, 2.45) is 5.92 Å². The molecule has 1 aromatic rings. The summed E-state index contributed by atoms with van der Waals surface area (Å²) in [6, 6.07) is 8.21. The van der Waals surface area contributed by atoms with Gasteiger partial charge in [-0.05, 0) is 36.5 Å². The standard InChI is InChI=1S/C16H22N2O2/c1-20-14-6-4-13(5-7-14)15-11-17-8-9-18(15)16(19)10-12-2-3-12/h4-7,12,15,17H,2-3,8-11H2,1H3. The predicted molar refractivity (Wildman–Crippen MR) is 77.7 cm³/mol. The van der Waals surface area contributed by atoms with Gasteiger partial charge >= 0.3 is 0 Å². The van der Waals surface area contributed by atoms with E-state index in [4.69, 9.17) is 4.74 Å². The molecular weight excluding hydrogens is 252 g/mol. The number of piperazine rings is 1. The molecule has 1 amide bonds. The minimum absolute atomic E-state index is 0.154. The Kier molecular flexibility index (Phi) is 3.92. The van der Waals surface area contributed by atoms with E-state index in [9.17, 15) is 4.79 Å². The van der Waals surface area contributed by atoms with Gasteiger partial charge in [-0.1, -0.05) is 12.1 Å². The number of hydrogen-bond donors (Lipinski definition) is 1. The van der Waals surface area contributed by atoms with Crippen molar-refractivity contribution in [3.05, 3.63) is 29.8 Å². The molecule has 108 valence electrons. The minimum atomic E-state index is 0.154. The summed E-state index contributed by atoms with van der Waals surface area (Å²) in [4.78, 5) is 14.5. The van der Waals surface area contributed by atoms with E-state index in [0.29, 0.717) is 11.8 Å². The third kappa shape index (κ3) is 2.96. The molecule has 1 aliphatic heterocycles. The van der Waals surface area contributed by atoms with Crippen LogP contribution in [0.4, 0.5) is 0 Å². The van der Waals surface area contributed by atoms with Crippen molar-refractivity contribution in [1.82, 2.24) is 10.2 Å². The average molecular weight is 274 g/mol. The number of methoxy groups -OCH3 is 1. The molecule has 2 aliphatic rings. The van der Waals surface area contributed by atoms with Gasteiger partial charge in [0.2, 0.25) is 5.91 Å².